The largest absolute Gasteiger partial charge is 0.495 e. The third-order valence-electron chi connectivity index (χ3n) is 3.31. The first kappa shape index (κ1) is 17.7. The number of alkyl carbamates (subject to hydrolysis) is 1. The number of hydrogen-bond acceptors (Lipinski definition) is 4. The number of methoxy groups -OCH3 is 1. The fourth-order valence-corrected chi connectivity index (χ4v) is 2.34. The van der Waals surface area contributed by atoms with Crippen LogP contribution in [0.3, 0.4) is 0 Å². The molecule has 0 saturated carbocycles. The first-order valence-electron chi connectivity index (χ1n) is 7.56. The predicted octanol–water partition coefficient (Wildman–Crippen LogP) is 2.70. The number of ether oxygens (including phenoxy) is 2. The molecule has 0 saturated heterocycles. The summed E-state index contributed by atoms with van der Waals surface area (Å²) in [4.78, 5) is 26.4. The summed E-state index contributed by atoms with van der Waals surface area (Å²) in [6, 6.07) is 6.31. The Balaban J connectivity index is 2.16. The third-order valence-corrected chi connectivity index (χ3v) is 3.31. The fourth-order valence-electron chi connectivity index (χ4n) is 2.34. The Bertz CT molecular complexity index is 745. The standard InChI is InChI=1S/C17H22N2O5/c1-17(2,3)24-16(22)19-12(15(20)21)9-11-8-10-6-5-7-13(23-4)14(10)18-11/h5-8,12,18H,9H2,1-4H3,(H,19,22)(H,20,21). The lowest BCUT2D eigenvalue weighted by atomic mass is 10.1. The SMILES string of the molecule is COc1cccc2cc(CC(NC(=O)OC(C)(C)C)C(=O)O)[nH]c12. The molecule has 1 amide bonds. The summed E-state index contributed by atoms with van der Waals surface area (Å²) in [5.74, 6) is -0.461. The minimum Gasteiger partial charge on any atom is -0.495 e. The van der Waals surface area contributed by atoms with Crippen molar-refractivity contribution in [1.29, 1.82) is 0 Å². The van der Waals surface area contributed by atoms with Gasteiger partial charge in [-0.05, 0) is 32.9 Å². The van der Waals surface area contributed by atoms with E-state index in [0.29, 0.717) is 11.4 Å². The second-order valence-electron chi connectivity index (χ2n) is 6.46. The Hall–Kier alpha value is -2.70. The maximum Gasteiger partial charge on any atom is 0.408 e. The minimum absolute atomic E-state index is 0.104. The van der Waals surface area contributed by atoms with Gasteiger partial charge in [0.15, 0.2) is 0 Å². The van der Waals surface area contributed by atoms with Crippen LogP contribution in [-0.4, -0.2) is 40.9 Å². The van der Waals surface area contributed by atoms with Crippen molar-refractivity contribution in [3.05, 3.63) is 30.0 Å². The van der Waals surface area contributed by atoms with Crippen molar-refractivity contribution in [2.24, 2.45) is 0 Å². The molecule has 3 N–H and O–H groups in total. The van der Waals surface area contributed by atoms with E-state index in [1.807, 2.05) is 24.3 Å². The molecule has 1 aromatic heterocycles. The van der Waals surface area contributed by atoms with Gasteiger partial charge in [0.1, 0.15) is 17.4 Å². The zero-order valence-corrected chi connectivity index (χ0v) is 14.2. The highest BCUT2D eigenvalue weighted by atomic mass is 16.6. The smallest absolute Gasteiger partial charge is 0.408 e. The van der Waals surface area contributed by atoms with E-state index in [1.165, 1.54) is 0 Å². The van der Waals surface area contributed by atoms with E-state index in [4.69, 9.17) is 9.47 Å². The van der Waals surface area contributed by atoms with Gasteiger partial charge in [-0.3, -0.25) is 0 Å². The summed E-state index contributed by atoms with van der Waals surface area (Å²) in [5.41, 5.74) is 0.774. The van der Waals surface area contributed by atoms with Gasteiger partial charge in [0, 0.05) is 17.5 Å². The molecule has 0 aliphatic carbocycles. The normalized spacial score (nSPS) is 12.7. The number of para-hydroxylation sites is 1. The fraction of sp³-hybridized carbons (Fsp3) is 0.412. The summed E-state index contributed by atoms with van der Waals surface area (Å²) in [6.07, 6.45) is -0.657. The number of nitrogens with one attached hydrogen (secondary N) is 2. The Morgan fingerprint density at radius 1 is 1.33 bits per heavy atom. The van der Waals surface area contributed by atoms with Crippen LogP contribution in [0.4, 0.5) is 4.79 Å². The molecule has 7 heteroatoms. The molecule has 7 nitrogen and oxygen atoms in total. The number of carbonyl (C=O) groups excluding carboxylic acids is 1. The maximum atomic E-state index is 11.8. The van der Waals surface area contributed by atoms with E-state index < -0.39 is 23.7 Å². The number of amides is 1. The molecular weight excluding hydrogens is 312 g/mol. The van der Waals surface area contributed by atoms with Crippen molar-refractivity contribution in [1.82, 2.24) is 10.3 Å². The van der Waals surface area contributed by atoms with Crippen LogP contribution in [-0.2, 0) is 16.0 Å². The van der Waals surface area contributed by atoms with Crippen molar-refractivity contribution in [2.75, 3.05) is 7.11 Å². The van der Waals surface area contributed by atoms with E-state index in [-0.39, 0.29) is 6.42 Å². The summed E-state index contributed by atoms with van der Waals surface area (Å²) >= 11 is 0. The monoisotopic (exact) mass is 334 g/mol. The van der Waals surface area contributed by atoms with Gasteiger partial charge in [-0.2, -0.15) is 0 Å². The Kier molecular flexibility index (Phi) is 5.02. The number of aromatic nitrogens is 1. The lowest BCUT2D eigenvalue weighted by molar-refractivity contribution is -0.139. The Labute approximate surface area is 140 Å². The van der Waals surface area contributed by atoms with Crippen molar-refractivity contribution >= 4 is 23.0 Å². The summed E-state index contributed by atoms with van der Waals surface area (Å²) in [6.45, 7) is 5.14. The molecule has 0 fully saturated rings. The molecule has 1 unspecified atom stereocenters. The Morgan fingerprint density at radius 2 is 2.04 bits per heavy atom. The van der Waals surface area contributed by atoms with Gasteiger partial charge in [0.2, 0.25) is 0 Å². The molecule has 0 bridgehead atoms. The molecule has 2 rings (SSSR count). The minimum atomic E-state index is -1.13. The molecule has 2 aromatic rings. The quantitative estimate of drug-likeness (QED) is 0.780. The van der Waals surface area contributed by atoms with E-state index in [0.717, 1.165) is 10.9 Å². The lowest BCUT2D eigenvalue weighted by Crippen LogP contribution is -2.44. The summed E-state index contributed by atoms with van der Waals surface area (Å²) < 4.78 is 10.4. The van der Waals surface area contributed by atoms with Crippen LogP contribution in [0.15, 0.2) is 24.3 Å². The van der Waals surface area contributed by atoms with Crippen LogP contribution >= 0.6 is 0 Å². The number of benzene rings is 1. The van der Waals surface area contributed by atoms with Crippen LogP contribution in [0.2, 0.25) is 0 Å². The van der Waals surface area contributed by atoms with Gasteiger partial charge >= 0.3 is 12.1 Å². The van der Waals surface area contributed by atoms with Crippen LogP contribution in [0, 0.1) is 0 Å². The zero-order chi connectivity index (χ0) is 17.9. The van der Waals surface area contributed by atoms with Crippen molar-refractivity contribution in [3.63, 3.8) is 0 Å². The van der Waals surface area contributed by atoms with Gasteiger partial charge in [-0.25, -0.2) is 9.59 Å². The number of carbonyl (C=O) groups is 2. The predicted molar refractivity (Wildman–Crippen MR) is 89.3 cm³/mol. The lowest BCUT2D eigenvalue weighted by Gasteiger charge is -2.21. The van der Waals surface area contributed by atoms with Crippen molar-refractivity contribution in [2.45, 2.75) is 38.8 Å². The first-order valence-corrected chi connectivity index (χ1v) is 7.56. The molecule has 0 spiro atoms. The maximum absolute atomic E-state index is 11.8. The first-order chi connectivity index (χ1) is 11.2. The number of rotatable bonds is 5. The number of carboxylic acid groups (broad SMARTS) is 1. The molecule has 0 radical (unpaired) electrons. The molecule has 1 heterocycles. The molecule has 1 atom stereocenters. The topological polar surface area (TPSA) is 101 Å². The highest BCUT2D eigenvalue weighted by molar-refractivity contribution is 5.86. The van der Waals surface area contributed by atoms with E-state index in [2.05, 4.69) is 10.3 Å². The number of hydrogen-bond donors (Lipinski definition) is 3. The van der Waals surface area contributed by atoms with Gasteiger partial charge < -0.3 is 24.9 Å². The summed E-state index contributed by atoms with van der Waals surface area (Å²) in [7, 11) is 1.57. The van der Waals surface area contributed by atoms with Crippen LogP contribution in [0.5, 0.6) is 5.75 Å². The van der Waals surface area contributed by atoms with Crippen LogP contribution in [0.25, 0.3) is 10.9 Å². The second kappa shape index (κ2) is 6.82. The molecule has 1 aromatic carbocycles. The van der Waals surface area contributed by atoms with Crippen LogP contribution < -0.4 is 10.1 Å². The number of carboxylic acids is 1. The van der Waals surface area contributed by atoms with Crippen molar-refractivity contribution in [3.8, 4) is 5.75 Å². The number of aliphatic carboxylic acids is 1. The molecular formula is C17H22N2O5. The van der Waals surface area contributed by atoms with Gasteiger partial charge in [0.25, 0.3) is 0 Å². The van der Waals surface area contributed by atoms with Crippen molar-refractivity contribution < 1.29 is 24.2 Å². The average molecular weight is 334 g/mol. The molecule has 0 aliphatic rings. The molecule has 0 aliphatic heterocycles. The van der Waals surface area contributed by atoms with Gasteiger partial charge in [0.05, 0.1) is 12.6 Å². The highest BCUT2D eigenvalue weighted by Gasteiger charge is 2.25. The molecule has 24 heavy (non-hydrogen) atoms. The number of fused-ring (bicyclic) bond motifs is 1. The number of H-pyrrole nitrogens is 1. The third kappa shape index (κ3) is 4.41. The number of aromatic amines is 1. The van der Waals surface area contributed by atoms with E-state index in [9.17, 15) is 14.7 Å². The second-order valence-corrected chi connectivity index (χ2v) is 6.46. The van der Waals surface area contributed by atoms with Crippen LogP contribution in [0.1, 0.15) is 26.5 Å². The molecule has 130 valence electrons. The van der Waals surface area contributed by atoms with E-state index >= 15 is 0 Å². The zero-order valence-electron chi connectivity index (χ0n) is 14.2. The van der Waals surface area contributed by atoms with E-state index in [1.54, 1.807) is 27.9 Å². The van der Waals surface area contributed by atoms with Gasteiger partial charge in [-0.15, -0.1) is 0 Å². The highest BCUT2D eigenvalue weighted by Crippen LogP contribution is 2.25. The summed E-state index contributed by atoms with van der Waals surface area (Å²) in [5, 5.41) is 12.6. The average Bonchev–Trinajstić information content (AvgIpc) is 2.86. The van der Waals surface area contributed by atoms with Gasteiger partial charge in [-0.1, -0.05) is 12.1 Å². The Morgan fingerprint density at radius 3 is 2.62 bits per heavy atom.